The fraction of sp³-hybridized carbons (Fsp3) is 0.278. The third kappa shape index (κ3) is 2.54. The minimum Gasteiger partial charge on any atom is -0.327 e. The highest BCUT2D eigenvalue weighted by Crippen LogP contribution is 2.36. The van der Waals surface area contributed by atoms with Crippen LogP contribution in [0.15, 0.2) is 48.9 Å². The number of hydrogen-bond acceptors (Lipinski definition) is 3. The molecule has 0 bridgehead atoms. The summed E-state index contributed by atoms with van der Waals surface area (Å²) in [6.45, 7) is 1.86. The van der Waals surface area contributed by atoms with E-state index in [4.69, 9.17) is 0 Å². The second kappa shape index (κ2) is 5.70. The molecule has 5 nitrogen and oxygen atoms in total. The molecule has 24 heavy (non-hydrogen) atoms. The van der Waals surface area contributed by atoms with Crippen molar-refractivity contribution in [2.75, 3.05) is 0 Å². The van der Waals surface area contributed by atoms with Crippen LogP contribution in [0.4, 0.5) is 4.39 Å². The summed E-state index contributed by atoms with van der Waals surface area (Å²) in [4.78, 5) is 23.2. The molecule has 0 radical (unpaired) electrons. The number of halogens is 1. The Bertz CT molecular complexity index is 870. The van der Waals surface area contributed by atoms with Gasteiger partial charge in [0.05, 0.1) is 6.04 Å². The number of aromatic nitrogens is 3. The van der Waals surface area contributed by atoms with Crippen molar-refractivity contribution in [2.24, 2.45) is 0 Å². The lowest BCUT2D eigenvalue weighted by Gasteiger charge is -2.29. The standard InChI is InChI=1S/C18H17FN4O/c1-12(14-5-2-3-6-15(14)19)23(13-7-8-13)17(24)16-11-22-10-4-9-20-18(22)21-16/h2-6,9-13H,7-8H2,1H3/t12-/m0/s1. The molecule has 0 aliphatic heterocycles. The van der Waals surface area contributed by atoms with Gasteiger partial charge in [-0.15, -0.1) is 0 Å². The number of imidazole rings is 1. The molecule has 1 amide bonds. The van der Waals surface area contributed by atoms with Crippen LogP contribution in [0.2, 0.25) is 0 Å². The largest absolute Gasteiger partial charge is 0.327 e. The summed E-state index contributed by atoms with van der Waals surface area (Å²) in [7, 11) is 0. The molecule has 4 rings (SSSR count). The van der Waals surface area contributed by atoms with Gasteiger partial charge in [-0.2, -0.15) is 0 Å². The molecular formula is C18H17FN4O. The Morgan fingerprint density at radius 1 is 1.33 bits per heavy atom. The molecule has 0 saturated heterocycles. The van der Waals surface area contributed by atoms with Crippen molar-refractivity contribution in [1.29, 1.82) is 0 Å². The van der Waals surface area contributed by atoms with E-state index in [9.17, 15) is 9.18 Å². The molecular weight excluding hydrogens is 307 g/mol. The minimum absolute atomic E-state index is 0.143. The smallest absolute Gasteiger partial charge is 0.274 e. The topological polar surface area (TPSA) is 50.5 Å². The monoisotopic (exact) mass is 324 g/mol. The SMILES string of the molecule is C[C@@H](c1ccccc1F)N(C(=O)c1cn2cccnc2n1)C1CC1. The third-order valence-electron chi connectivity index (χ3n) is 4.40. The van der Waals surface area contributed by atoms with Gasteiger partial charge in [0.25, 0.3) is 5.91 Å². The van der Waals surface area contributed by atoms with Gasteiger partial charge in [0.1, 0.15) is 11.5 Å². The Labute approximate surface area is 138 Å². The van der Waals surface area contributed by atoms with Crippen LogP contribution in [0.25, 0.3) is 5.78 Å². The van der Waals surface area contributed by atoms with Crippen LogP contribution in [0.1, 0.15) is 41.9 Å². The molecule has 122 valence electrons. The molecule has 3 aromatic rings. The van der Waals surface area contributed by atoms with Crippen molar-refractivity contribution < 1.29 is 9.18 Å². The van der Waals surface area contributed by atoms with Gasteiger partial charge in [0.2, 0.25) is 5.78 Å². The maximum atomic E-state index is 14.1. The van der Waals surface area contributed by atoms with E-state index in [1.165, 1.54) is 6.07 Å². The first kappa shape index (κ1) is 14.8. The molecule has 1 atom stereocenters. The fourth-order valence-corrected chi connectivity index (χ4v) is 3.04. The van der Waals surface area contributed by atoms with Crippen molar-refractivity contribution in [2.45, 2.75) is 31.8 Å². The van der Waals surface area contributed by atoms with Crippen molar-refractivity contribution in [3.05, 3.63) is 66.0 Å². The summed E-state index contributed by atoms with van der Waals surface area (Å²) >= 11 is 0. The number of nitrogens with zero attached hydrogens (tertiary/aromatic N) is 4. The maximum Gasteiger partial charge on any atom is 0.274 e. The zero-order valence-electron chi connectivity index (χ0n) is 13.3. The number of hydrogen-bond donors (Lipinski definition) is 0. The van der Waals surface area contributed by atoms with Crippen LogP contribution in [-0.4, -0.2) is 31.2 Å². The van der Waals surface area contributed by atoms with Gasteiger partial charge in [-0.3, -0.25) is 9.20 Å². The molecule has 0 spiro atoms. The Hall–Kier alpha value is -2.76. The Morgan fingerprint density at radius 2 is 2.12 bits per heavy atom. The van der Waals surface area contributed by atoms with E-state index in [0.29, 0.717) is 17.0 Å². The van der Waals surface area contributed by atoms with Crippen LogP contribution in [0.5, 0.6) is 0 Å². The van der Waals surface area contributed by atoms with Gasteiger partial charge in [-0.05, 0) is 31.9 Å². The second-order valence-corrected chi connectivity index (χ2v) is 6.09. The molecule has 1 aliphatic carbocycles. The lowest BCUT2D eigenvalue weighted by atomic mass is 10.1. The van der Waals surface area contributed by atoms with E-state index >= 15 is 0 Å². The van der Waals surface area contributed by atoms with Crippen molar-refractivity contribution in [3.63, 3.8) is 0 Å². The molecule has 1 aliphatic rings. The highest BCUT2D eigenvalue weighted by atomic mass is 19.1. The van der Waals surface area contributed by atoms with E-state index in [2.05, 4.69) is 9.97 Å². The molecule has 2 aromatic heterocycles. The first-order chi connectivity index (χ1) is 11.6. The van der Waals surface area contributed by atoms with Gasteiger partial charge in [0, 0.05) is 30.2 Å². The molecule has 1 aromatic carbocycles. The number of rotatable bonds is 4. The Balaban J connectivity index is 1.70. The third-order valence-corrected chi connectivity index (χ3v) is 4.40. The lowest BCUT2D eigenvalue weighted by Crippen LogP contribution is -2.36. The van der Waals surface area contributed by atoms with Crippen LogP contribution >= 0.6 is 0 Å². The summed E-state index contributed by atoms with van der Waals surface area (Å²) in [5.74, 6) is 0.00835. The molecule has 0 unspecified atom stereocenters. The van der Waals surface area contributed by atoms with Gasteiger partial charge in [-0.25, -0.2) is 14.4 Å². The van der Waals surface area contributed by atoms with Gasteiger partial charge < -0.3 is 4.90 Å². The Kier molecular flexibility index (Phi) is 3.52. The van der Waals surface area contributed by atoms with Crippen LogP contribution in [0.3, 0.4) is 0 Å². The lowest BCUT2D eigenvalue weighted by molar-refractivity contribution is 0.0665. The predicted octanol–water partition coefficient (Wildman–Crippen LogP) is 3.23. The van der Waals surface area contributed by atoms with E-state index in [1.807, 2.05) is 6.92 Å². The van der Waals surface area contributed by atoms with Crippen LogP contribution in [-0.2, 0) is 0 Å². The summed E-state index contributed by atoms with van der Waals surface area (Å²) in [6.07, 6.45) is 6.99. The highest BCUT2D eigenvalue weighted by molar-refractivity contribution is 5.93. The first-order valence-electron chi connectivity index (χ1n) is 8.02. The normalized spacial score (nSPS) is 15.4. The molecule has 0 N–H and O–H groups in total. The van der Waals surface area contributed by atoms with Crippen molar-refractivity contribution in [1.82, 2.24) is 19.3 Å². The van der Waals surface area contributed by atoms with Crippen molar-refractivity contribution in [3.8, 4) is 0 Å². The number of carbonyl (C=O) groups excluding carboxylic acids is 1. The van der Waals surface area contributed by atoms with Crippen LogP contribution < -0.4 is 0 Å². The summed E-state index contributed by atoms with van der Waals surface area (Å²) < 4.78 is 15.9. The zero-order chi connectivity index (χ0) is 16.7. The fourth-order valence-electron chi connectivity index (χ4n) is 3.04. The van der Waals surface area contributed by atoms with Gasteiger partial charge in [0.15, 0.2) is 0 Å². The first-order valence-corrected chi connectivity index (χ1v) is 8.02. The summed E-state index contributed by atoms with van der Waals surface area (Å²) in [5.41, 5.74) is 0.864. The van der Waals surface area contributed by atoms with E-state index < -0.39 is 0 Å². The van der Waals surface area contributed by atoms with Crippen molar-refractivity contribution >= 4 is 11.7 Å². The number of carbonyl (C=O) groups is 1. The second-order valence-electron chi connectivity index (χ2n) is 6.09. The molecule has 1 saturated carbocycles. The molecule has 1 fully saturated rings. The van der Waals surface area contributed by atoms with Gasteiger partial charge in [-0.1, -0.05) is 18.2 Å². The Morgan fingerprint density at radius 3 is 2.83 bits per heavy atom. The summed E-state index contributed by atoms with van der Waals surface area (Å²) in [5, 5.41) is 0. The highest BCUT2D eigenvalue weighted by Gasteiger charge is 2.38. The average molecular weight is 324 g/mol. The molecule has 6 heteroatoms. The number of amides is 1. The number of fused-ring (bicyclic) bond motifs is 1. The van der Waals surface area contributed by atoms with Crippen LogP contribution in [0, 0.1) is 5.82 Å². The van der Waals surface area contributed by atoms with E-state index in [0.717, 1.165) is 12.8 Å². The zero-order valence-corrected chi connectivity index (χ0v) is 13.3. The minimum atomic E-state index is -0.344. The van der Waals surface area contributed by atoms with Gasteiger partial charge >= 0.3 is 0 Å². The molecule has 2 heterocycles. The summed E-state index contributed by atoms with van der Waals surface area (Å²) in [6, 6.07) is 8.18. The average Bonchev–Trinajstić information content (AvgIpc) is 3.32. The predicted molar refractivity (Wildman–Crippen MR) is 87.0 cm³/mol. The van der Waals surface area contributed by atoms with E-state index in [1.54, 1.807) is 52.2 Å². The van der Waals surface area contributed by atoms with E-state index in [-0.39, 0.29) is 23.8 Å². The maximum absolute atomic E-state index is 14.1. The number of benzene rings is 1. The quantitative estimate of drug-likeness (QED) is 0.740.